The van der Waals surface area contributed by atoms with Crippen LogP contribution < -0.4 is 5.32 Å². The third-order valence-corrected chi connectivity index (χ3v) is 4.87. The highest BCUT2D eigenvalue weighted by atomic mass is 79.9. The van der Waals surface area contributed by atoms with Gasteiger partial charge in [-0.15, -0.1) is 11.3 Å². The van der Waals surface area contributed by atoms with Gasteiger partial charge >= 0.3 is 0 Å². The monoisotopic (exact) mass is 321 g/mol. The van der Waals surface area contributed by atoms with E-state index in [9.17, 15) is 0 Å². The molecule has 0 unspecified atom stereocenters. The van der Waals surface area contributed by atoms with Crippen LogP contribution in [0.15, 0.2) is 34.8 Å². The summed E-state index contributed by atoms with van der Waals surface area (Å²) in [5.74, 6) is 0. The van der Waals surface area contributed by atoms with Gasteiger partial charge in [-0.05, 0) is 55.2 Å². The Morgan fingerprint density at radius 2 is 2.11 bits per heavy atom. The lowest BCUT2D eigenvalue weighted by Crippen LogP contribution is -2.14. The quantitative estimate of drug-likeness (QED) is 0.857. The molecule has 0 amide bonds. The van der Waals surface area contributed by atoms with E-state index in [1.165, 1.54) is 33.7 Å². The molecule has 1 nitrogen and oxygen atoms in total. The van der Waals surface area contributed by atoms with Crippen molar-refractivity contribution in [1.82, 2.24) is 5.32 Å². The Hall–Kier alpha value is -0.640. The SMILES string of the molecule is Cc1cc(Br)ccc1-c1ccc(CNC2CC2)s1. The minimum absolute atomic E-state index is 0.782. The molecule has 94 valence electrons. The second kappa shape index (κ2) is 5.16. The van der Waals surface area contributed by atoms with Crippen LogP contribution in [0.25, 0.3) is 10.4 Å². The van der Waals surface area contributed by atoms with E-state index >= 15 is 0 Å². The summed E-state index contributed by atoms with van der Waals surface area (Å²) >= 11 is 5.41. The van der Waals surface area contributed by atoms with Gasteiger partial charge in [0.05, 0.1) is 0 Å². The van der Waals surface area contributed by atoms with Crippen LogP contribution in [0.5, 0.6) is 0 Å². The van der Waals surface area contributed by atoms with Gasteiger partial charge in [-0.3, -0.25) is 0 Å². The third-order valence-electron chi connectivity index (χ3n) is 3.26. The Morgan fingerprint density at radius 1 is 1.28 bits per heavy atom. The number of aryl methyl sites for hydroxylation is 1. The highest BCUT2D eigenvalue weighted by molar-refractivity contribution is 9.10. The van der Waals surface area contributed by atoms with Crippen LogP contribution in [0.3, 0.4) is 0 Å². The fraction of sp³-hybridized carbons (Fsp3) is 0.333. The summed E-state index contributed by atoms with van der Waals surface area (Å²) in [6.07, 6.45) is 2.70. The average molecular weight is 322 g/mol. The number of nitrogens with one attached hydrogen (secondary N) is 1. The van der Waals surface area contributed by atoms with Crippen molar-refractivity contribution in [1.29, 1.82) is 0 Å². The zero-order chi connectivity index (χ0) is 12.5. The van der Waals surface area contributed by atoms with Crippen LogP contribution >= 0.6 is 27.3 Å². The molecule has 1 aromatic carbocycles. The summed E-state index contributed by atoms with van der Waals surface area (Å²) in [6.45, 7) is 3.19. The molecule has 1 fully saturated rings. The van der Waals surface area contributed by atoms with Crippen LogP contribution in [0.4, 0.5) is 0 Å². The van der Waals surface area contributed by atoms with E-state index in [4.69, 9.17) is 0 Å². The van der Waals surface area contributed by atoms with Gasteiger partial charge in [0, 0.05) is 26.8 Å². The van der Waals surface area contributed by atoms with Crippen LogP contribution in [0.2, 0.25) is 0 Å². The maximum atomic E-state index is 3.56. The second-order valence-electron chi connectivity index (χ2n) is 4.88. The van der Waals surface area contributed by atoms with Gasteiger partial charge in [-0.2, -0.15) is 0 Å². The maximum absolute atomic E-state index is 3.56. The topological polar surface area (TPSA) is 12.0 Å². The van der Waals surface area contributed by atoms with Crippen LogP contribution in [0.1, 0.15) is 23.3 Å². The minimum atomic E-state index is 0.782. The Morgan fingerprint density at radius 3 is 2.83 bits per heavy atom. The number of hydrogen-bond acceptors (Lipinski definition) is 2. The fourth-order valence-corrected chi connectivity index (χ4v) is 3.58. The summed E-state index contributed by atoms with van der Waals surface area (Å²) in [4.78, 5) is 2.80. The van der Waals surface area contributed by atoms with E-state index in [0.29, 0.717) is 0 Å². The van der Waals surface area contributed by atoms with E-state index in [2.05, 4.69) is 58.5 Å². The van der Waals surface area contributed by atoms with Crippen molar-refractivity contribution in [3.8, 4) is 10.4 Å². The summed E-state index contributed by atoms with van der Waals surface area (Å²) in [5.41, 5.74) is 2.67. The molecule has 3 heteroatoms. The maximum Gasteiger partial charge on any atom is 0.0348 e. The molecule has 0 spiro atoms. The molecule has 1 saturated carbocycles. The molecule has 0 atom stereocenters. The Balaban J connectivity index is 1.78. The number of hydrogen-bond donors (Lipinski definition) is 1. The average Bonchev–Trinajstić information content (AvgIpc) is 3.05. The molecule has 1 aliphatic carbocycles. The lowest BCUT2D eigenvalue weighted by Gasteiger charge is -2.03. The normalized spacial score (nSPS) is 15.0. The molecule has 1 heterocycles. The Kier molecular flexibility index (Phi) is 3.55. The molecular formula is C15H16BrNS. The van der Waals surface area contributed by atoms with Crippen molar-refractivity contribution in [2.24, 2.45) is 0 Å². The zero-order valence-electron chi connectivity index (χ0n) is 10.4. The lowest BCUT2D eigenvalue weighted by atomic mass is 10.1. The second-order valence-corrected chi connectivity index (χ2v) is 6.96. The van der Waals surface area contributed by atoms with Gasteiger partial charge in [0.1, 0.15) is 0 Å². The minimum Gasteiger partial charge on any atom is -0.309 e. The van der Waals surface area contributed by atoms with Gasteiger partial charge in [-0.25, -0.2) is 0 Å². The molecule has 1 aliphatic rings. The highest BCUT2D eigenvalue weighted by Gasteiger charge is 2.20. The molecule has 0 aliphatic heterocycles. The molecule has 0 radical (unpaired) electrons. The van der Waals surface area contributed by atoms with Crippen LogP contribution in [0, 0.1) is 6.92 Å². The lowest BCUT2D eigenvalue weighted by molar-refractivity contribution is 0.695. The van der Waals surface area contributed by atoms with Crippen molar-refractivity contribution < 1.29 is 0 Å². The zero-order valence-corrected chi connectivity index (χ0v) is 12.8. The first kappa shape index (κ1) is 12.4. The molecule has 18 heavy (non-hydrogen) atoms. The number of benzene rings is 1. The standard InChI is InChI=1S/C15H16BrNS/c1-10-8-11(16)2-6-14(10)15-7-5-13(18-15)9-17-12-3-4-12/h2,5-8,12,17H,3-4,9H2,1H3. The number of thiophene rings is 1. The largest absolute Gasteiger partial charge is 0.309 e. The van der Waals surface area contributed by atoms with E-state index in [1.54, 1.807) is 0 Å². The highest BCUT2D eigenvalue weighted by Crippen LogP contribution is 2.32. The molecule has 3 rings (SSSR count). The van der Waals surface area contributed by atoms with Crippen molar-refractivity contribution in [3.63, 3.8) is 0 Å². The molecule has 0 saturated heterocycles. The predicted octanol–water partition coefficient (Wildman–Crippen LogP) is 4.74. The van der Waals surface area contributed by atoms with E-state index < -0.39 is 0 Å². The van der Waals surface area contributed by atoms with E-state index in [-0.39, 0.29) is 0 Å². The first-order valence-electron chi connectivity index (χ1n) is 6.31. The molecule has 1 N–H and O–H groups in total. The summed E-state index contributed by atoms with van der Waals surface area (Å²) in [7, 11) is 0. The first-order chi connectivity index (χ1) is 8.72. The summed E-state index contributed by atoms with van der Waals surface area (Å²) in [5, 5.41) is 3.56. The van der Waals surface area contributed by atoms with Gasteiger partial charge in [-0.1, -0.05) is 22.0 Å². The summed E-state index contributed by atoms with van der Waals surface area (Å²) < 4.78 is 1.15. The van der Waals surface area contributed by atoms with E-state index in [0.717, 1.165) is 17.1 Å². The van der Waals surface area contributed by atoms with Gasteiger partial charge < -0.3 is 5.32 Å². The first-order valence-corrected chi connectivity index (χ1v) is 7.92. The van der Waals surface area contributed by atoms with Crippen molar-refractivity contribution in [2.75, 3.05) is 0 Å². The number of halogens is 1. The predicted molar refractivity (Wildman–Crippen MR) is 82.1 cm³/mol. The molecule has 1 aromatic heterocycles. The Labute approximate surface area is 120 Å². The van der Waals surface area contributed by atoms with Gasteiger partial charge in [0.25, 0.3) is 0 Å². The number of rotatable bonds is 4. The van der Waals surface area contributed by atoms with Crippen LogP contribution in [-0.2, 0) is 6.54 Å². The van der Waals surface area contributed by atoms with Crippen molar-refractivity contribution in [3.05, 3.63) is 45.2 Å². The van der Waals surface area contributed by atoms with Gasteiger partial charge in [0.15, 0.2) is 0 Å². The van der Waals surface area contributed by atoms with Crippen molar-refractivity contribution >= 4 is 27.3 Å². The summed E-state index contributed by atoms with van der Waals surface area (Å²) in [6, 6.07) is 11.8. The fourth-order valence-electron chi connectivity index (χ4n) is 2.05. The smallest absolute Gasteiger partial charge is 0.0348 e. The molecule has 2 aromatic rings. The van der Waals surface area contributed by atoms with Gasteiger partial charge in [0.2, 0.25) is 0 Å². The Bertz CT molecular complexity index is 557. The third kappa shape index (κ3) is 2.85. The molecule has 0 bridgehead atoms. The van der Waals surface area contributed by atoms with Crippen LogP contribution in [-0.4, -0.2) is 6.04 Å². The molecular weight excluding hydrogens is 306 g/mol. The van der Waals surface area contributed by atoms with E-state index in [1.807, 2.05) is 11.3 Å². The van der Waals surface area contributed by atoms with Crippen molar-refractivity contribution in [2.45, 2.75) is 32.4 Å².